The van der Waals surface area contributed by atoms with Gasteiger partial charge in [-0.1, -0.05) is 15.9 Å². The van der Waals surface area contributed by atoms with Gasteiger partial charge in [0.05, 0.1) is 18.1 Å². The van der Waals surface area contributed by atoms with Crippen LogP contribution in [0.4, 0.5) is 5.82 Å². The minimum atomic E-state index is -0.193. The fraction of sp³-hybridized carbons (Fsp3) is 0.0714. The van der Waals surface area contributed by atoms with Crippen LogP contribution in [-0.2, 0) is 0 Å². The fourth-order valence-electron chi connectivity index (χ4n) is 1.88. The third kappa shape index (κ3) is 2.55. The van der Waals surface area contributed by atoms with Gasteiger partial charge in [-0.25, -0.2) is 9.97 Å². The highest BCUT2D eigenvalue weighted by molar-refractivity contribution is 9.10. The van der Waals surface area contributed by atoms with Crippen LogP contribution in [-0.4, -0.2) is 20.3 Å². The Kier molecular flexibility index (Phi) is 3.23. The van der Waals surface area contributed by atoms with Gasteiger partial charge in [-0.05, 0) is 31.2 Å². The Hall–Kier alpha value is -2.21. The van der Waals surface area contributed by atoms with E-state index in [2.05, 4.69) is 31.2 Å². The Morgan fingerprint density at radius 1 is 1.25 bits per heavy atom. The molecule has 1 N–H and O–H groups in total. The molecule has 1 aromatic carbocycles. The van der Waals surface area contributed by atoms with Gasteiger partial charge in [-0.2, -0.15) is 0 Å². The van der Waals surface area contributed by atoms with E-state index in [0.29, 0.717) is 11.4 Å². The first-order valence-electron chi connectivity index (χ1n) is 6.00. The summed E-state index contributed by atoms with van der Waals surface area (Å²) >= 11 is 3.34. The van der Waals surface area contributed by atoms with E-state index in [1.54, 1.807) is 24.5 Å². The molecule has 0 atom stereocenters. The smallest absolute Gasteiger partial charge is 0.256 e. The zero-order valence-electron chi connectivity index (χ0n) is 10.7. The Labute approximate surface area is 123 Å². The van der Waals surface area contributed by atoms with Crippen LogP contribution in [0, 0.1) is 6.92 Å². The Bertz CT molecular complexity index is 779. The number of benzene rings is 1. The van der Waals surface area contributed by atoms with E-state index in [0.717, 1.165) is 15.8 Å². The summed E-state index contributed by atoms with van der Waals surface area (Å²) in [6.07, 6.45) is 5.25. The number of aromatic nitrogens is 3. The minimum Gasteiger partial charge on any atom is -0.305 e. The summed E-state index contributed by atoms with van der Waals surface area (Å²) in [4.78, 5) is 20.5. The summed E-state index contributed by atoms with van der Waals surface area (Å²) in [5.74, 6) is 0.295. The first-order valence-corrected chi connectivity index (χ1v) is 6.79. The third-order valence-electron chi connectivity index (χ3n) is 2.81. The lowest BCUT2D eigenvalue weighted by Gasteiger charge is -2.05. The van der Waals surface area contributed by atoms with E-state index in [9.17, 15) is 4.79 Å². The van der Waals surface area contributed by atoms with Gasteiger partial charge in [0.2, 0.25) is 0 Å². The lowest BCUT2D eigenvalue weighted by atomic mass is 10.2. The van der Waals surface area contributed by atoms with Crippen LogP contribution in [0.5, 0.6) is 0 Å². The van der Waals surface area contributed by atoms with E-state index >= 15 is 0 Å². The van der Waals surface area contributed by atoms with Gasteiger partial charge in [-0.15, -0.1) is 0 Å². The normalized spacial score (nSPS) is 10.7. The number of nitrogens with zero attached hydrogens (tertiary/aromatic N) is 3. The third-order valence-corrected chi connectivity index (χ3v) is 3.34. The molecule has 0 unspecified atom stereocenters. The number of carbonyl (C=O) groups excluding carboxylic acids is 1. The molecule has 5 nitrogen and oxygen atoms in total. The monoisotopic (exact) mass is 330 g/mol. The topological polar surface area (TPSA) is 59.3 Å². The molecule has 2 heterocycles. The van der Waals surface area contributed by atoms with E-state index < -0.39 is 0 Å². The highest BCUT2D eigenvalue weighted by Gasteiger charge is 2.07. The van der Waals surface area contributed by atoms with Gasteiger partial charge in [0.1, 0.15) is 5.82 Å². The van der Waals surface area contributed by atoms with Crippen molar-refractivity contribution in [3.8, 4) is 0 Å². The van der Waals surface area contributed by atoms with Crippen molar-refractivity contribution in [2.24, 2.45) is 0 Å². The molecule has 0 fully saturated rings. The van der Waals surface area contributed by atoms with Crippen molar-refractivity contribution < 1.29 is 4.79 Å². The van der Waals surface area contributed by atoms with Crippen LogP contribution >= 0.6 is 15.9 Å². The molecular weight excluding hydrogens is 320 g/mol. The first-order chi connectivity index (χ1) is 9.61. The number of halogens is 1. The standard InChI is InChI=1S/C14H11BrN4O/c1-9-7-19-8-12(16-6-13(19)17-9)18-14(20)10-2-4-11(15)5-3-10/h2-8H,1H3,(H,18,20). The summed E-state index contributed by atoms with van der Waals surface area (Å²) in [5, 5.41) is 2.77. The number of carbonyl (C=O) groups is 1. The molecule has 100 valence electrons. The Morgan fingerprint density at radius 3 is 2.75 bits per heavy atom. The molecule has 3 rings (SSSR count). The number of imidazole rings is 1. The number of anilines is 1. The maximum atomic E-state index is 12.1. The molecule has 0 bridgehead atoms. The lowest BCUT2D eigenvalue weighted by Crippen LogP contribution is -2.13. The Morgan fingerprint density at radius 2 is 2.00 bits per heavy atom. The summed E-state index contributed by atoms with van der Waals surface area (Å²) in [6, 6.07) is 7.15. The number of hydrogen-bond donors (Lipinski definition) is 1. The molecule has 0 aliphatic heterocycles. The molecule has 0 spiro atoms. The molecule has 1 amide bonds. The van der Waals surface area contributed by atoms with Gasteiger partial charge < -0.3 is 9.72 Å². The van der Waals surface area contributed by atoms with Crippen molar-refractivity contribution in [1.29, 1.82) is 0 Å². The van der Waals surface area contributed by atoms with Crippen LogP contribution in [0.1, 0.15) is 16.1 Å². The lowest BCUT2D eigenvalue weighted by molar-refractivity contribution is 0.102. The van der Waals surface area contributed by atoms with Crippen molar-refractivity contribution in [3.05, 3.63) is 58.6 Å². The second-order valence-corrected chi connectivity index (χ2v) is 5.30. The zero-order chi connectivity index (χ0) is 14.1. The maximum absolute atomic E-state index is 12.1. The number of nitrogens with one attached hydrogen (secondary N) is 1. The van der Waals surface area contributed by atoms with Crippen molar-refractivity contribution in [2.75, 3.05) is 5.32 Å². The summed E-state index contributed by atoms with van der Waals surface area (Å²) in [6.45, 7) is 1.91. The average molecular weight is 331 g/mol. The van der Waals surface area contributed by atoms with Crippen LogP contribution in [0.3, 0.4) is 0 Å². The zero-order valence-corrected chi connectivity index (χ0v) is 12.3. The predicted octanol–water partition coefficient (Wildman–Crippen LogP) is 3.05. The van der Waals surface area contributed by atoms with Crippen LogP contribution in [0.15, 0.2) is 47.3 Å². The molecular formula is C14H11BrN4O. The number of rotatable bonds is 2. The number of amides is 1. The summed E-state index contributed by atoms with van der Waals surface area (Å²) in [5.41, 5.74) is 2.24. The average Bonchev–Trinajstić information content (AvgIpc) is 2.78. The molecule has 6 heteroatoms. The molecule has 3 aromatic rings. The van der Waals surface area contributed by atoms with Gasteiger partial charge >= 0.3 is 0 Å². The van der Waals surface area contributed by atoms with Gasteiger partial charge in [-0.3, -0.25) is 4.79 Å². The van der Waals surface area contributed by atoms with E-state index in [1.807, 2.05) is 29.7 Å². The van der Waals surface area contributed by atoms with Gasteiger partial charge in [0.15, 0.2) is 5.65 Å². The van der Waals surface area contributed by atoms with Crippen molar-refractivity contribution >= 4 is 33.3 Å². The predicted molar refractivity (Wildman–Crippen MR) is 79.8 cm³/mol. The van der Waals surface area contributed by atoms with Crippen molar-refractivity contribution in [2.45, 2.75) is 6.92 Å². The number of fused-ring (bicyclic) bond motifs is 1. The highest BCUT2D eigenvalue weighted by Crippen LogP contribution is 2.13. The molecule has 20 heavy (non-hydrogen) atoms. The summed E-state index contributed by atoms with van der Waals surface area (Å²) < 4.78 is 2.77. The van der Waals surface area contributed by atoms with Gasteiger partial charge in [0, 0.05) is 16.2 Å². The van der Waals surface area contributed by atoms with E-state index in [-0.39, 0.29) is 5.91 Å². The quantitative estimate of drug-likeness (QED) is 0.785. The largest absolute Gasteiger partial charge is 0.305 e. The second kappa shape index (κ2) is 5.05. The molecule has 0 aliphatic rings. The maximum Gasteiger partial charge on any atom is 0.256 e. The van der Waals surface area contributed by atoms with E-state index in [4.69, 9.17) is 0 Å². The molecule has 0 saturated carbocycles. The first kappa shape index (κ1) is 12.8. The second-order valence-electron chi connectivity index (χ2n) is 4.38. The Balaban J connectivity index is 1.84. The molecule has 0 aliphatic carbocycles. The number of hydrogen-bond acceptors (Lipinski definition) is 3. The molecule has 0 saturated heterocycles. The van der Waals surface area contributed by atoms with Crippen LogP contribution in [0.2, 0.25) is 0 Å². The SMILES string of the molecule is Cc1cn2cc(NC(=O)c3ccc(Br)cc3)ncc2n1. The van der Waals surface area contributed by atoms with Crippen molar-refractivity contribution in [3.63, 3.8) is 0 Å². The fourth-order valence-corrected chi connectivity index (χ4v) is 2.14. The summed E-state index contributed by atoms with van der Waals surface area (Å²) in [7, 11) is 0. The molecule has 0 radical (unpaired) electrons. The van der Waals surface area contributed by atoms with Crippen LogP contribution < -0.4 is 5.32 Å². The van der Waals surface area contributed by atoms with Crippen LogP contribution in [0.25, 0.3) is 5.65 Å². The minimum absolute atomic E-state index is 0.193. The number of aryl methyl sites for hydroxylation is 1. The van der Waals surface area contributed by atoms with Gasteiger partial charge in [0.25, 0.3) is 5.91 Å². The molecule has 2 aromatic heterocycles. The van der Waals surface area contributed by atoms with Crippen molar-refractivity contribution in [1.82, 2.24) is 14.4 Å². The highest BCUT2D eigenvalue weighted by atomic mass is 79.9. The van der Waals surface area contributed by atoms with E-state index in [1.165, 1.54) is 0 Å².